The first-order chi connectivity index (χ1) is 4.70. The zero-order chi connectivity index (χ0) is 7.56. The average Bonchev–Trinajstić information content (AvgIpc) is 2.15. The Hall–Kier alpha value is -0.220. The summed E-state index contributed by atoms with van der Waals surface area (Å²) in [5.41, 5.74) is 0.358. The van der Waals surface area contributed by atoms with Crippen molar-refractivity contribution in [1.82, 2.24) is 5.32 Å². The van der Waals surface area contributed by atoms with Crippen molar-refractivity contribution in [2.24, 2.45) is 4.99 Å². The van der Waals surface area contributed by atoms with Crippen LogP contribution in [0.2, 0.25) is 0 Å². The van der Waals surface area contributed by atoms with E-state index in [0.717, 1.165) is 0 Å². The molecule has 1 unspecified atom stereocenters. The molecule has 2 nitrogen and oxygen atoms in total. The second kappa shape index (κ2) is 3.25. The Bertz CT molecular complexity index is 149. The van der Waals surface area contributed by atoms with E-state index in [9.17, 15) is 8.78 Å². The summed E-state index contributed by atoms with van der Waals surface area (Å²) in [5.74, 6) is 0. The summed E-state index contributed by atoms with van der Waals surface area (Å²) in [7, 11) is 0. The third-order valence-corrected chi connectivity index (χ3v) is 1.66. The molecular formula is C5H7ClF2N2. The lowest BCUT2D eigenvalue weighted by molar-refractivity contribution is 0.160. The van der Waals surface area contributed by atoms with Crippen LogP contribution < -0.4 is 5.32 Å². The fourth-order valence-electron chi connectivity index (χ4n) is 0.807. The highest BCUT2D eigenvalue weighted by Gasteiger charge is 2.20. The first-order valence-corrected chi connectivity index (χ1v) is 3.33. The van der Waals surface area contributed by atoms with Gasteiger partial charge in [0.25, 0.3) is 0 Å². The van der Waals surface area contributed by atoms with Crippen molar-refractivity contribution in [2.75, 3.05) is 13.1 Å². The predicted octanol–water partition coefficient (Wildman–Crippen LogP) is 0.861. The second-order valence-electron chi connectivity index (χ2n) is 2.00. The topological polar surface area (TPSA) is 24.4 Å². The predicted molar refractivity (Wildman–Crippen MR) is 35.9 cm³/mol. The molecule has 1 aliphatic heterocycles. The molecule has 1 saturated heterocycles. The van der Waals surface area contributed by atoms with Gasteiger partial charge in [-0.25, -0.2) is 4.99 Å². The van der Waals surface area contributed by atoms with Crippen molar-refractivity contribution in [3.63, 3.8) is 0 Å². The van der Waals surface area contributed by atoms with Gasteiger partial charge in [0.05, 0.1) is 11.1 Å². The molecule has 0 aromatic carbocycles. The van der Waals surface area contributed by atoms with E-state index in [1.165, 1.54) is 0 Å². The number of nitrogens with one attached hydrogen (secondary N) is 1. The molecule has 5 heteroatoms. The summed E-state index contributed by atoms with van der Waals surface area (Å²) < 4.78 is 23.2. The maximum atomic E-state index is 11.6. The highest BCUT2D eigenvalue weighted by Crippen LogP contribution is 2.06. The molecule has 0 spiro atoms. The van der Waals surface area contributed by atoms with Gasteiger partial charge in [-0.1, -0.05) is 0 Å². The quantitative estimate of drug-likeness (QED) is 0.456. The molecule has 0 aliphatic carbocycles. The van der Waals surface area contributed by atoms with Crippen LogP contribution in [0.15, 0.2) is 4.99 Å². The van der Waals surface area contributed by atoms with E-state index >= 15 is 0 Å². The van der Waals surface area contributed by atoms with Crippen LogP contribution in [-0.2, 0) is 0 Å². The van der Waals surface area contributed by atoms with Gasteiger partial charge in [-0.05, 0) is 0 Å². The Kier molecular flexibility index (Phi) is 2.56. The summed E-state index contributed by atoms with van der Waals surface area (Å²) in [5, 5.41) is 2.48. The number of hydrogen-bond acceptors (Lipinski definition) is 2. The molecule has 0 aromatic heterocycles. The van der Waals surface area contributed by atoms with Gasteiger partial charge >= 0.3 is 6.55 Å². The lowest BCUT2D eigenvalue weighted by Gasteiger charge is -1.97. The van der Waals surface area contributed by atoms with E-state index in [4.69, 9.17) is 11.6 Å². The largest absolute Gasteiger partial charge is 0.331 e. The Morgan fingerprint density at radius 3 is 2.80 bits per heavy atom. The van der Waals surface area contributed by atoms with Gasteiger partial charge in [0.1, 0.15) is 0 Å². The Labute approximate surface area is 62.3 Å². The van der Waals surface area contributed by atoms with Crippen molar-refractivity contribution in [3.05, 3.63) is 0 Å². The lowest BCUT2D eigenvalue weighted by atomic mass is 10.3. The average molecular weight is 169 g/mol. The monoisotopic (exact) mass is 168 g/mol. The first kappa shape index (κ1) is 7.88. The van der Waals surface area contributed by atoms with Gasteiger partial charge in [0, 0.05) is 13.1 Å². The summed E-state index contributed by atoms with van der Waals surface area (Å²) in [6.07, 6.45) is 0. The minimum absolute atomic E-state index is 0.353. The van der Waals surface area contributed by atoms with Crippen LogP contribution in [0.3, 0.4) is 0 Å². The normalized spacial score (nSPS) is 30.4. The van der Waals surface area contributed by atoms with Gasteiger partial charge in [-0.2, -0.15) is 8.78 Å². The van der Waals surface area contributed by atoms with Crippen LogP contribution in [0.5, 0.6) is 0 Å². The van der Waals surface area contributed by atoms with Crippen LogP contribution in [-0.4, -0.2) is 30.7 Å². The molecule has 0 amide bonds. The lowest BCUT2D eigenvalue weighted by Crippen LogP contribution is -2.12. The number of rotatable bonds is 1. The van der Waals surface area contributed by atoms with Gasteiger partial charge < -0.3 is 5.32 Å². The molecule has 1 atom stereocenters. The van der Waals surface area contributed by atoms with Crippen molar-refractivity contribution in [1.29, 1.82) is 0 Å². The van der Waals surface area contributed by atoms with Gasteiger partial charge in [-0.3, -0.25) is 0 Å². The zero-order valence-corrected chi connectivity index (χ0v) is 5.91. The van der Waals surface area contributed by atoms with Gasteiger partial charge in [-0.15, -0.1) is 11.6 Å². The van der Waals surface area contributed by atoms with Crippen LogP contribution in [0.4, 0.5) is 8.78 Å². The first-order valence-electron chi connectivity index (χ1n) is 2.89. The molecule has 0 radical (unpaired) electrons. The van der Waals surface area contributed by atoms with E-state index in [1.807, 2.05) is 0 Å². The van der Waals surface area contributed by atoms with Crippen LogP contribution in [0.1, 0.15) is 0 Å². The number of halogens is 3. The third-order valence-electron chi connectivity index (χ3n) is 1.25. The standard InChI is InChI=1S/C5H7ClF2N2/c6-3-1-9-2-4(3)10-5(7)8/h3,5,9H,1-2H2. The van der Waals surface area contributed by atoms with Crippen LogP contribution in [0, 0.1) is 0 Å². The van der Waals surface area contributed by atoms with Crippen molar-refractivity contribution < 1.29 is 8.78 Å². The molecule has 0 aromatic rings. The molecule has 10 heavy (non-hydrogen) atoms. The van der Waals surface area contributed by atoms with Crippen molar-refractivity contribution in [2.45, 2.75) is 11.9 Å². The Morgan fingerprint density at radius 1 is 1.70 bits per heavy atom. The Morgan fingerprint density at radius 2 is 2.40 bits per heavy atom. The smallest absolute Gasteiger partial charge is 0.310 e. The number of nitrogens with zero attached hydrogens (tertiary/aromatic N) is 1. The van der Waals surface area contributed by atoms with E-state index in [2.05, 4.69) is 10.3 Å². The Balaban J connectivity index is 2.54. The van der Waals surface area contributed by atoms with Crippen LogP contribution in [0.25, 0.3) is 0 Å². The molecule has 1 rings (SSSR count). The molecule has 1 fully saturated rings. The number of hydrogen-bond donors (Lipinski definition) is 1. The molecule has 0 bridgehead atoms. The van der Waals surface area contributed by atoms with E-state index < -0.39 is 6.55 Å². The summed E-state index contributed by atoms with van der Waals surface area (Å²) in [6, 6.07) is 0. The zero-order valence-electron chi connectivity index (χ0n) is 5.15. The van der Waals surface area contributed by atoms with Crippen LogP contribution >= 0.6 is 11.6 Å². The fraction of sp³-hybridized carbons (Fsp3) is 0.800. The van der Waals surface area contributed by atoms with E-state index in [0.29, 0.717) is 18.8 Å². The molecule has 1 aliphatic rings. The summed E-state index contributed by atoms with van der Waals surface area (Å²) >= 11 is 5.60. The molecule has 1 heterocycles. The van der Waals surface area contributed by atoms with E-state index in [-0.39, 0.29) is 5.38 Å². The molecular weight excluding hydrogens is 162 g/mol. The molecule has 58 valence electrons. The number of alkyl halides is 3. The highest BCUT2D eigenvalue weighted by molar-refractivity contribution is 6.33. The molecule has 1 N–H and O–H groups in total. The third kappa shape index (κ3) is 1.88. The van der Waals surface area contributed by atoms with Crippen molar-refractivity contribution in [3.8, 4) is 0 Å². The van der Waals surface area contributed by atoms with E-state index in [1.54, 1.807) is 0 Å². The number of aliphatic imine (C=N–C) groups is 1. The minimum atomic E-state index is -2.63. The van der Waals surface area contributed by atoms with Gasteiger partial charge in [0.2, 0.25) is 0 Å². The highest BCUT2D eigenvalue weighted by atomic mass is 35.5. The summed E-state index contributed by atoms with van der Waals surface area (Å²) in [6.45, 7) is -1.71. The second-order valence-corrected chi connectivity index (χ2v) is 2.52. The SMILES string of the molecule is FC(F)N=C1CNCC1Cl. The van der Waals surface area contributed by atoms with Crippen molar-refractivity contribution >= 4 is 17.3 Å². The summed E-state index contributed by atoms with van der Waals surface area (Å²) in [4.78, 5) is 3.05. The minimum Gasteiger partial charge on any atom is -0.310 e. The maximum absolute atomic E-state index is 11.6. The van der Waals surface area contributed by atoms with Gasteiger partial charge in [0.15, 0.2) is 0 Å². The maximum Gasteiger partial charge on any atom is 0.331 e. The molecule has 0 saturated carbocycles. The fourth-order valence-corrected chi connectivity index (χ4v) is 1.05.